The van der Waals surface area contributed by atoms with E-state index in [-0.39, 0.29) is 0 Å². The fourth-order valence-electron chi connectivity index (χ4n) is 1.89. The van der Waals surface area contributed by atoms with Crippen LogP contribution in [0.1, 0.15) is 71.6 Å². The lowest BCUT2D eigenvalue weighted by Crippen LogP contribution is -1.94. The van der Waals surface area contributed by atoms with E-state index < -0.39 is 0 Å². The molecule has 0 spiro atoms. The number of allylic oxidation sites excluding steroid dienone is 3. The first kappa shape index (κ1) is 15.5. The second-order valence-corrected chi connectivity index (χ2v) is 4.69. The average molecular weight is 222 g/mol. The molecule has 0 aromatic carbocycles. The topological polar surface area (TPSA) is 0 Å². The first-order valence-corrected chi connectivity index (χ1v) is 7.12. The van der Waals surface area contributed by atoms with E-state index in [2.05, 4.69) is 38.7 Å². The molecule has 1 atom stereocenters. The van der Waals surface area contributed by atoms with E-state index in [9.17, 15) is 0 Å². The minimum absolute atomic E-state index is 0.703. The van der Waals surface area contributed by atoms with Gasteiger partial charge >= 0.3 is 0 Å². The third-order valence-corrected chi connectivity index (χ3v) is 3.09. The van der Waals surface area contributed by atoms with Crippen LogP contribution in [0.5, 0.6) is 0 Å². The van der Waals surface area contributed by atoms with Crippen molar-refractivity contribution >= 4 is 0 Å². The molecule has 0 aromatic rings. The maximum atomic E-state index is 3.93. The van der Waals surface area contributed by atoms with Crippen molar-refractivity contribution in [2.24, 2.45) is 5.92 Å². The fraction of sp³-hybridized carbons (Fsp3) is 0.750. The molecular weight excluding hydrogens is 192 g/mol. The van der Waals surface area contributed by atoms with Crippen molar-refractivity contribution in [1.29, 1.82) is 0 Å². The molecule has 0 bridgehead atoms. The Balaban J connectivity index is 3.49. The summed E-state index contributed by atoms with van der Waals surface area (Å²) in [5.41, 5.74) is 0. The molecule has 0 aliphatic rings. The highest BCUT2D eigenvalue weighted by Crippen LogP contribution is 2.15. The number of hydrogen-bond acceptors (Lipinski definition) is 0. The van der Waals surface area contributed by atoms with Gasteiger partial charge < -0.3 is 0 Å². The predicted molar refractivity (Wildman–Crippen MR) is 75.7 cm³/mol. The summed E-state index contributed by atoms with van der Waals surface area (Å²) in [6, 6.07) is 0. The van der Waals surface area contributed by atoms with Crippen LogP contribution in [-0.2, 0) is 0 Å². The maximum absolute atomic E-state index is 3.93. The molecule has 0 amide bonds. The van der Waals surface area contributed by atoms with Crippen molar-refractivity contribution in [3.63, 3.8) is 0 Å². The summed E-state index contributed by atoms with van der Waals surface area (Å²) in [5, 5.41) is 0. The van der Waals surface area contributed by atoms with Gasteiger partial charge in [0.15, 0.2) is 0 Å². The highest BCUT2D eigenvalue weighted by Gasteiger charge is 2.00. The predicted octanol–water partition coefficient (Wildman–Crippen LogP) is 5.90. The Hall–Kier alpha value is -0.520. The molecular formula is C16H30. The molecule has 0 aromatic heterocycles. The van der Waals surface area contributed by atoms with E-state index in [4.69, 9.17) is 0 Å². The molecule has 1 unspecified atom stereocenters. The van der Waals surface area contributed by atoms with Crippen LogP contribution in [-0.4, -0.2) is 0 Å². The summed E-state index contributed by atoms with van der Waals surface area (Å²) in [6.07, 6.45) is 18.7. The molecule has 0 N–H and O–H groups in total. The Morgan fingerprint density at radius 3 is 2.25 bits per heavy atom. The highest BCUT2D eigenvalue weighted by molar-refractivity contribution is 4.89. The van der Waals surface area contributed by atoms with Gasteiger partial charge in [-0.25, -0.2) is 0 Å². The fourth-order valence-corrected chi connectivity index (χ4v) is 1.89. The normalized spacial score (nSPS) is 13.1. The minimum Gasteiger partial charge on any atom is -0.103 e. The van der Waals surface area contributed by atoms with Crippen molar-refractivity contribution in [3.8, 4) is 0 Å². The zero-order valence-corrected chi connectivity index (χ0v) is 11.4. The quantitative estimate of drug-likeness (QED) is 0.302. The largest absolute Gasteiger partial charge is 0.103 e. The van der Waals surface area contributed by atoms with Crippen LogP contribution < -0.4 is 0 Å². The van der Waals surface area contributed by atoms with Crippen molar-refractivity contribution in [2.45, 2.75) is 71.6 Å². The lowest BCUT2D eigenvalue weighted by Gasteiger charge is -2.08. The standard InChI is InChI=1S/C16H30/c1-4-7-9-10-11-13-15-16(6-3)14-12-8-5-2/h6,11,13,16H,3-5,7-10,12,14-15H2,1-2H3/b13-11+. The monoisotopic (exact) mass is 222 g/mol. The summed E-state index contributed by atoms with van der Waals surface area (Å²) < 4.78 is 0. The van der Waals surface area contributed by atoms with Gasteiger partial charge in [-0.1, -0.05) is 64.2 Å². The Morgan fingerprint density at radius 1 is 0.938 bits per heavy atom. The number of unbranched alkanes of at least 4 members (excludes halogenated alkanes) is 5. The third kappa shape index (κ3) is 10.0. The van der Waals surface area contributed by atoms with Crippen molar-refractivity contribution < 1.29 is 0 Å². The summed E-state index contributed by atoms with van der Waals surface area (Å²) >= 11 is 0. The van der Waals surface area contributed by atoms with Crippen molar-refractivity contribution in [1.82, 2.24) is 0 Å². The van der Waals surface area contributed by atoms with Crippen molar-refractivity contribution in [2.75, 3.05) is 0 Å². The van der Waals surface area contributed by atoms with Gasteiger partial charge in [-0.3, -0.25) is 0 Å². The van der Waals surface area contributed by atoms with Crippen LogP contribution in [0.3, 0.4) is 0 Å². The Morgan fingerprint density at radius 2 is 1.62 bits per heavy atom. The second-order valence-electron chi connectivity index (χ2n) is 4.69. The smallest absolute Gasteiger partial charge is 0.0202 e. The molecule has 0 heteroatoms. The van der Waals surface area contributed by atoms with Gasteiger partial charge in [-0.05, 0) is 31.6 Å². The van der Waals surface area contributed by atoms with Gasteiger partial charge in [0.2, 0.25) is 0 Å². The lowest BCUT2D eigenvalue weighted by molar-refractivity contribution is 0.545. The van der Waals surface area contributed by atoms with E-state index in [0.29, 0.717) is 5.92 Å². The second kappa shape index (κ2) is 12.5. The van der Waals surface area contributed by atoms with Crippen molar-refractivity contribution in [3.05, 3.63) is 24.8 Å². The van der Waals surface area contributed by atoms with Crippen LogP contribution >= 0.6 is 0 Å². The highest BCUT2D eigenvalue weighted by atomic mass is 14.1. The summed E-state index contributed by atoms with van der Waals surface area (Å²) in [6.45, 7) is 8.45. The summed E-state index contributed by atoms with van der Waals surface area (Å²) in [4.78, 5) is 0. The molecule has 0 nitrogen and oxygen atoms in total. The molecule has 94 valence electrons. The molecule has 0 aliphatic heterocycles. The average Bonchev–Trinajstić information content (AvgIpc) is 2.31. The van der Waals surface area contributed by atoms with Gasteiger partial charge in [0.05, 0.1) is 0 Å². The molecule has 0 radical (unpaired) electrons. The van der Waals surface area contributed by atoms with E-state index >= 15 is 0 Å². The van der Waals surface area contributed by atoms with Crippen LogP contribution in [0.2, 0.25) is 0 Å². The molecule has 0 fully saturated rings. The Labute approximate surface area is 103 Å². The van der Waals surface area contributed by atoms with Crippen LogP contribution in [0.15, 0.2) is 24.8 Å². The van der Waals surface area contributed by atoms with Gasteiger partial charge in [-0.2, -0.15) is 0 Å². The first-order valence-electron chi connectivity index (χ1n) is 7.12. The summed E-state index contributed by atoms with van der Waals surface area (Å²) in [7, 11) is 0. The van der Waals surface area contributed by atoms with Crippen LogP contribution in [0.4, 0.5) is 0 Å². The zero-order valence-electron chi connectivity index (χ0n) is 11.4. The number of rotatable bonds is 11. The molecule has 0 rings (SSSR count). The molecule has 0 aliphatic carbocycles. The van der Waals surface area contributed by atoms with E-state index in [1.807, 2.05) is 0 Å². The third-order valence-electron chi connectivity index (χ3n) is 3.09. The SMILES string of the molecule is C=CC(C/C=C/CCCCC)CCCCC. The van der Waals surface area contributed by atoms with E-state index in [0.717, 1.165) is 0 Å². The van der Waals surface area contributed by atoms with Crippen LogP contribution in [0.25, 0.3) is 0 Å². The van der Waals surface area contributed by atoms with E-state index in [1.54, 1.807) is 0 Å². The molecule has 0 saturated heterocycles. The zero-order chi connectivity index (χ0) is 12.1. The summed E-state index contributed by atoms with van der Waals surface area (Å²) in [5.74, 6) is 0.703. The Kier molecular flexibility index (Phi) is 12.1. The molecule has 0 saturated carbocycles. The van der Waals surface area contributed by atoms with Gasteiger partial charge in [-0.15, -0.1) is 6.58 Å². The van der Waals surface area contributed by atoms with Gasteiger partial charge in [0, 0.05) is 0 Å². The minimum atomic E-state index is 0.703. The number of hydrogen-bond donors (Lipinski definition) is 0. The maximum Gasteiger partial charge on any atom is -0.0202 e. The molecule has 0 heterocycles. The van der Waals surface area contributed by atoms with E-state index in [1.165, 1.54) is 57.8 Å². The van der Waals surface area contributed by atoms with Crippen LogP contribution in [0, 0.1) is 5.92 Å². The lowest BCUT2D eigenvalue weighted by atomic mass is 9.97. The molecule has 16 heavy (non-hydrogen) atoms. The first-order chi connectivity index (χ1) is 7.85. The van der Waals surface area contributed by atoms with Gasteiger partial charge in [0.1, 0.15) is 0 Å². The van der Waals surface area contributed by atoms with Gasteiger partial charge in [0.25, 0.3) is 0 Å². The Bertz CT molecular complexity index is 167.